The van der Waals surface area contributed by atoms with Gasteiger partial charge in [-0.1, -0.05) is 84.4 Å². The molecule has 42 heavy (non-hydrogen) atoms. The van der Waals surface area contributed by atoms with E-state index in [0.29, 0.717) is 12.0 Å². The van der Waals surface area contributed by atoms with Gasteiger partial charge in [-0.05, 0) is 74.7 Å². The number of rotatable bonds is 14. The quantitative estimate of drug-likeness (QED) is 0.128. The Morgan fingerprint density at radius 1 is 0.905 bits per heavy atom. The summed E-state index contributed by atoms with van der Waals surface area (Å²) in [5, 5.41) is 11.0. The zero-order chi connectivity index (χ0) is 32.7. The lowest BCUT2D eigenvalue weighted by molar-refractivity contribution is -0.137. The summed E-state index contributed by atoms with van der Waals surface area (Å²) < 4.78 is 19.5. The summed E-state index contributed by atoms with van der Waals surface area (Å²) in [6.07, 6.45) is 1.63. The molecule has 238 valence electrons. The third kappa shape index (κ3) is 10.7. The van der Waals surface area contributed by atoms with Crippen molar-refractivity contribution in [3.63, 3.8) is 0 Å². The van der Waals surface area contributed by atoms with E-state index in [-0.39, 0.29) is 22.5 Å². The topological polar surface area (TPSA) is 82.1 Å². The Morgan fingerprint density at radius 2 is 1.40 bits per heavy atom. The Balaban J connectivity index is 3.54. The van der Waals surface area contributed by atoms with Crippen molar-refractivity contribution >= 4 is 28.4 Å². The van der Waals surface area contributed by atoms with Crippen LogP contribution in [-0.2, 0) is 18.4 Å². The predicted molar refractivity (Wildman–Crippen MR) is 179 cm³/mol. The fourth-order valence-corrected chi connectivity index (χ4v) is 6.51. The van der Waals surface area contributed by atoms with Gasteiger partial charge in [0.05, 0.1) is 24.4 Å². The van der Waals surface area contributed by atoms with Gasteiger partial charge in [0.15, 0.2) is 22.4 Å². The molecule has 6 nitrogen and oxygen atoms in total. The Bertz CT molecular complexity index is 1090. The van der Waals surface area contributed by atoms with E-state index in [1.165, 1.54) is 0 Å². The van der Waals surface area contributed by atoms with Gasteiger partial charge in [-0.25, -0.2) is 4.79 Å². The third-order valence-electron chi connectivity index (χ3n) is 9.04. The lowest BCUT2D eigenvalue weighted by atomic mass is 9.89. The fraction of sp³-hybridized carbons (Fsp3) is 0.647. The first-order chi connectivity index (χ1) is 19.1. The van der Waals surface area contributed by atoms with Crippen LogP contribution in [0.2, 0.25) is 36.3 Å². The summed E-state index contributed by atoms with van der Waals surface area (Å²) in [6, 6.07) is 8.87. The molecule has 0 unspecified atom stereocenters. The van der Waals surface area contributed by atoms with E-state index in [9.17, 15) is 14.7 Å². The van der Waals surface area contributed by atoms with Gasteiger partial charge in [0, 0.05) is 12.3 Å². The highest BCUT2D eigenvalue weighted by atomic mass is 28.4. The number of aliphatic hydroxyl groups excluding tert-OH is 1. The minimum atomic E-state index is -2.47. The molecule has 0 saturated carbocycles. The van der Waals surface area contributed by atoms with E-state index >= 15 is 0 Å². The summed E-state index contributed by atoms with van der Waals surface area (Å²) in [5.41, 5.74) is 2.20. The van der Waals surface area contributed by atoms with Crippen LogP contribution >= 0.6 is 0 Å². The molecule has 0 aromatic heterocycles. The van der Waals surface area contributed by atoms with Gasteiger partial charge in [-0.3, -0.25) is 4.79 Å². The van der Waals surface area contributed by atoms with Crippen LogP contribution in [0.4, 0.5) is 0 Å². The largest absolute Gasteiger partial charge is 0.462 e. The highest BCUT2D eigenvalue weighted by Crippen LogP contribution is 2.41. The highest BCUT2D eigenvalue weighted by Gasteiger charge is 2.48. The molecule has 8 heteroatoms. The zero-order valence-electron chi connectivity index (χ0n) is 28.8. The summed E-state index contributed by atoms with van der Waals surface area (Å²) in [6.45, 7) is 29.0. The van der Waals surface area contributed by atoms with Crippen molar-refractivity contribution in [1.29, 1.82) is 0 Å². The maximum atomic E-state index is 14.4. The molecule has 0 saturated heterocycles. The zero-order valence-corrected chi connectivity index (χ0v) is 30.8. The van der Waals surface area contributed by atoms with Crippen LogP contribution in [0.3, 0.4) is 0 Å². The van der Waals surface area contributed by atoms with Crippen LogP contribution < -0.4 is 0 Å². The number of benzene rings is 1. The number of carbonyl (C=O) groups excluding carboxylic acids is 2. The summed E-state index contributed by atoms with van der Waals surface area (Å²) in [4.78, 5) is 27.1. The molecular weight excluding hydrogens is 561 g/mol. The second-order valence-electron chi connectivity index (χ2n) is 14.6. The van der Waals surface area contributed by atoms with E-state index in [4.69, 9.17) is 13.6 Å². The molecule has 0 bridgehead atoms. The monoisotopic (exact) mass is 618 g/mol. The lowest BCUT2D eigenvalue weighted by Gasteiger charge is -2.45. The molecule has 0 spiro atoms. The van der Waals surface area contributed by atoms with E-state index in [1.807, 2.05) is 39.0 Å². The predicted octanol–water partition coefficient (Wildman–Crippen LogP) is 8.49. The van der Waals surface area contributed by atoms with Gasteiger partial charge in [-0.2, -0.15) is 0 Å². The van der Waals surface area contributed by atoms with Crippen molar-refractivity contribution in [2.75, 3.05) is 6.61 Å². The van der Waals surface area contributed by atoms with E-state index in [1.54, 1.807) is 31.2 Å². The Morgan fingerprint density at radius 3 is 1.88 bits per heavy atom. The van der Waals surface area contributed by atoms with Gasteiger partial charge in [0.25, 0.3) is 0 Å². The molecule has 0 fully saturated rings. The van der Waals surface area contributed by atoms with E-state index < -0.39 is 46.8 Å². The molecule has 0 aliphatic carbocycles. The first kappa shape index (κ1) is 38.2. The van der Waals surface area contributed by atoms with Gasteiger partial charge < -0.3 is 18.7 Å². The summed E-state index contributed by atoms with van der Waals surface area (Å²) in [7, 11) is -4.85. The summed E-state index contributed by atoms with van der Waals surface area (Å²) in [5.74, 6) is -1.34. The average Bonchev–Trinajstić information content (AvgIpc) is 2.88. The van der Waals surface area contributed by atoms with Crippen molar-refractivity contribution in [1.82, 2.24) is 0 Å². The van der Waals surface area contributed by atoms with Gasteiger partial charge in [0.1, 0.15) is 6.10 Å². The first-order valence-corrected chi connectivity index (χ1v) is 21.0. The number of ketones is 1. The normalized spacial score (nSPS) is 16.9. The standard InChI is InChI=1S/C34H58O6Si2/c1-15-24(2)23-25(3)29(35)26(4)30(36)31(40-42(13,14)34(8,9)10)28(39-41(11,12)33(5,6)7)21-22-38-32(37)27-19-17-16-18-20-27/h15-20,23,26,28-29,31,35H,21-22H2,1-14H3/b24-15+,25-23+/t26-,28-,29+,31+/m0/s1. The average molecular weight is 619 g/mol. The maximum absolute atomic E-state index is 14.4. The molecule has 1 N–H and O–H groups in total. The van der Waals surface area contributed by atoms with Crippen LogP contribution in [0.25, 0.3) is 0 Å². The number of Topliss-reactive ketones (excluding diaryl/α,β-unsaturated/α-hetero) is 1. The smallest absolute Gasteiger partial charge is 0.338 e. The number of hydrogen-bond donors (Lipinski definition) is 1. The Labute approximate surface area is 258 Å². The number of ether oxygens (including phenoxy) is 1. The molecule has 0 amide bonds. The fourth-order valence-electron chi connectivity index (χ4n) is 3.90. The SMILES string of the molecule is C/C=C(C)/C=C(\C)[C@@H](O)[C@H](C)C(=O)[C@H](O[Si](C)(C)C(C)(C)C)[C@H](CCOC(=O)c1ccccc1)O[Si](C)(C)C(C)(C)C. The number of hydrogen-bond acceptors (Lipinski definition) is 6. The molecule has 4 atom stereocenters. The minimum absolute atomic E-state index is 0.0774. The van der Waals surface area contributed by atoms with Gasteiger partial charge >= 0.3 is 5.97 Å². The first-order valence-electron chi connectivity index (χ1n) is 15.2. The van der Waals surface area contributed by atoms with Crippen molar-refractivity contribution in [3.05, 3.63) is 59.2 Å². The molecule has 1 aromatic carbocycles. The second-order valence-corrected chi connectivity index (χ2v) is 24.1. The van der Waals surface area contributed by atoms with E-state index in [0.717, 1.165) is 11.1 Å². The molecule has 1 aromatic rings. The number of esters is 1. The molecule has 0 aliphatic rings. The van der Waals surface area contributed by atoms with Crippen molar-refractivity contribution in [2.45, 2.75) is 130 Å². The van der Waals surface area contributed by atoms with Gasteiger partial charge in [0.2, 0.25) is 0 Å². The Kier molecular flexibility index (Phi) is 13.9. The maximum Gasteiger partial charge on any atom is 0.338 e. The van der Waals surface area contributed by atoms with Crippen molar-refractivity contribution < 1.29 is 28.3 Å². The van der Waals surface area contributed by atoms with Crippen molar-refractivity contribution in [3.8, 4) is 0 Å². The highest BCUT2D eigenvalue weighted by molar-refractivity contribution is 6.74. The van der Waals surface area contributed by atoms with E-state index in [2.05, 4.69) is 67.7 Å². The molecular formula is C34H58O6Si2. The molecule has 1 rings (SSSR count). The number of aliphatic hydroxyl groups is 1. The van der Waals surface area contributed by atoms with Crippen LogP contribution in [0.15, 0.2) is 53.6 Å². The minimum Gasteiger partial charge on any atom is -0.462 e. The van der Waals surface area contributed by atoms with Crippen LogP contribution in [0.5, 0.6) is 0 Å². The van der Waals surface area contributed by atoms with Crippen LogP contribution in [0.1, 0.15) is 86.0 Å². The lowest BCUT2D eigenvalue weighted by Crippen LogP contribution is -2.56. The van der Waals surface area contributed by atoms with Crippen LogP contribution in [-0.4, -0.2) is 58.4 Å². The summed E-state index contributed by atoms with van der Waals surface area (Å²) >= 11 is 0. The molecule has 0 radical (unpaired) electrons. The Hall–Kier alpha value is -1.85. The van der Waals surface area contributed by atoms with Gasteiger partial charge in [-0.15, -0.1) is 0 Å². The molecule has 0 aliphatic heterocycles. The van der Waals surface area contributed by atoms with Crippen LogP contribution in [0, 0.1) is 5.92 Å². The molecule has 0 heterocycles. The van der Waals surface area contributed by atoms with Crippen molar-refractivity contribution in [2.24, 2.45) is 5.92 Å². The third-order valence-corrected chi connectivity index (χ3v) is 18.0. The number of carbonyl (C=O) groups is 2. The number of allylic oxidation sites excluding steroid dienone is 3. The second kappa shape index (κ2) is 15.2.